The van der Waals surface area contributed by atoms with Crippen molar-refractivity contribution < 1.29 is 0 Å². The summed E-state index contributed by atoms with van der Waals surface area (Å²) in [6.07, 6.45) is 6.38. The summed E-state index contributed by atoms with van der Waals surface area (Å²) >= 11 is 3.75. The standard InChI is InChI=1S/C17H26BrN/c1-3-17(4-2,13-18)14-19-12-8-7-10-15-9-5-6-11-16(15)19/h5-6,9,11H,3-4,7-8,10,12-14H2,1-2H3. The molecule has 0 saturated carbocycles. The van der Waals surface area contributed by atoms with E-state index in [0.717, 1.165) is 5.33 Å². The van der Waals surface area contributed by atoms with Crippen LogP contribution in [0.1, 0.15) is 45.1 Å². The molecule has 0 N–H and O–H groups in total. The van der Waals surface area contributed by atoms with Gasteiger partial charge in [0.1, 0.15) is 0 Å². The first-order chi connectivity index (χ1) is 9.24. The average molecular weight is 324 g/mol. The summed E-state index contributed by atoms with van der Waals surface area (Å²) in [6, 6.07) is 8.98. The summed E-state index contributed by atoms with van der Waals surface area (Å²) in [4.78, 5) is 2.64. The van der Waals surface area contributed by atoms with Crippen LogP contribution in [-0.4, -0.2) is 18.4 Å². The van der Waals surface area contributed by atoms with Crippen molar-refractivity contribution in [3.05, 3.63) is 29.8 Å². The third-order valence-electron chi connectivity index (χ3n) is 4.77. The number of rotatable bonds is 5. The molecule has 0 spiro atoms. The molecule has 106 valence electrons. The summed E-state index contributed by atoms with van der Waals surface area (Å²) < 4.78 is 0. The molecular weight excluding hydrogens is 298 g/mol. The van der Waals surface area contributed by atoms with E-state index in [1.807, 2.05) is 0 Å². The second kappa shape index (κ2) is 6.78. The first-order valence-electron chi connectivity index (χ1n) is 7.63. The number of fused-ring (bicyclic) bond motifs is 1. The molecule has 0 radical (unpaired) electrons. The molecule has 0 saturated heterocycles. The van der Waals surface area contributed by atoms with Gasteiger partial charge in [-0.05, 0) is 49.1 Å². The van der Waals surface area contributed by atoms with Crippen LogP contribution in [0.25, 0.3) is 0 Å². The Morgan fingerprint density at radius 2 is 1.89 bits per heavy atom. The predicted octanol–water partition coefficient (Wildman–Crippen LogP) is 5.03. The van der Waals surface area contributed by atoms with E-state index in [4.69, 9.17) is 0 Å². The molecule has 1 aromatic rings. The van der Waals surface area contributed by atoms with Gasteiger partial charge in [0.2, 0.25) is 0 Å². The van der Waals surface area contributed by atoms with Crippen LogP contribution in [0.4, 0.5) is 5.69 Å². The van der Waals surface area contributed by atoms with Gasteiger partial charge in [-0.15, -0.1) is 0 Å². The lowest BCUT2D eigenvalue weighted by molar-refractivity contribution is 0.311. The van der Waals surface area contributed by atoms with Crippen LogP contribution in [0, 0.1) is 5.41 Å². The quantitative estimate of drug-likeness (QED) is 0.687. The highest BCUT2D eigenvalue weighted by atomic mass is 79.9. The van der Waals surface area contributed by atoms with Crippen LogP contribution in [-0.2, 0) is 6.42 Å². The second-order valence-electron chi connectivity index (χ2n) is 5.85. The number of hydrogen-bond acceptors (Lipinski definition) is 1. The molecule has 2 rings (SSSR count). The summed E-state index contributed by atoms with van der Waals surface area (Å²) in [5.74, 6) is 0. The first kappa shape index (κ1) is 14.9. The van der Waals surface area contributed by atoms with E-state index < -0.39 is 0 Å². The number of hydrogen-bond donors (Lipinski definition) is 0. The lowest BCUT2D eigenvalue weighted by Crippen LogP contribution is -2.39. The third kappa shape index (κ3) is 3.34. The molecule has 0 fully saturated rings. The van der Waals surface area contributed by atoms with Gasteiger partial charge in [-0.25, -0.2) is 0 Å². The van der Waals surface area contributed by atoms with Crippen LogP contribution in [0.15, 0.2) is 24.3 Å². The first-order valence-corrected chi connectivity index (χ1v) is 8.75. The van der Waals surface area contributed by atoms with Crippen molar-refractivity contribution in [1.82, 2.24) is 0 Å². The van der Waals surface area contributed by atoms with Gasteiger partial charge < -0.3 is 4.90 Å². The minimum absolute atomic E-state index is 0.414. The normalized spacial score (nSPS) is 16.1. The lowest BCUT2D eigenvalue weighted by Gasteiger charge is -2.37. The van der Waals surface area contributed by atoms with Gasteiger partial charge >= 0.3 is 0 Å². The van der Waals surface area contributed by atoms with Crippen molar-refractivity contribution in [2.75, 3.05) is 23.3 Å². The number of anilines is 1. The number of alkyl halides is 1. The van der Waals surface area contributed by atoms with E-state index >= 15 is 0 Å². The number of nitrogens with zero attached hydrogens (tertiary/aromatic N) is 1. The van der Waals surface area contributed by atoms with Crippen LogP contribution in [0.5, 0.6) is 0 Å². The Balaban J connectivity index is 2.24. The molecule has 1 nitrogen and oxygen atoms in total. The Morgan fingerprint density at radius 3 is 2.58 bits per heavy atom. The summed E-state index contributed by atoms with van der Waals surface area (Å²) in [6.45, 7) is 7.05. The summed E-state index contributed by atoms with van der Waals surface area (Å²) in [5, 5.41) is 1.10. The van der Waals surface area contributed by atoms with Crippen molar-refractivity contribution in [2.24, 2.45) is 5.41 Å². The molecule has 0 unspecified atom stereocenters. The van der Waals surface area contributed by atoms with Gasteiger partial charge in [0, 0.05) is 24.1 Å². The molecule has 1 aromatic carbocycles. The molecule has 0 aromatic heterocycles. The largest absolute Gasteiger partial charge is 0.371 e. The summed E-state index contributed by atoms with van der Waals surface area (Å²) in [5.41, 5.74) is 3.43. The molecule has 0 aliphatic carbocycles. The lowest BCUT2D eigenvalue weighted by atomic mass is 9.84. The van der Waals surface area contributed by atoms with Gasteiger partial charge in [0.05, 0.1) is 0 Å². The van der Waals surface area contributed by atoms with E-state index in [1.54, 1.807) is 0 Å². The van der Waals surface area contributed by atoms with Crippen molar-refractivity contribution in [2.45, 2.75) is 46.0 Å². The number of aryl methyl sites for hydroxylation is 1. The van der Waals surface area contributed by atoms with Crippen molar-refractivity contribution in [1.29, 1.82) is 0 Å². The van der Waals surface area contributed by atoms with Gasteiger partial charge in [-0.2, -0.15) is 0 Å². The highest BCUT2D eigenvalue weighted by Gasteiger charge is 2.29. The molecule has 2 heteroatoms. The SMILES string of the molecule is CCC(CC)(CBr)CN1CCCCc2ccccc21. The molecule has 1 heterocycles. The highest BCUT2D eigenvalue weighted by molar-refractivity contribution is 9.09. The predicted molar refractivity (Wildman–Crippen MR) is 88.4 cm³/mol. The molecule has 0 atom stereocenters. The number of benzene rings is 1. The molecule has 19 heavy (non-hydrogen) atoms. The Kier molecular flexibility index (Phi) is 5.32. The van der Waals surface area contributed by atoms with Gasteiger partial charge in [-0.1, -0.05) is 48.0 Å². The zero-order valence-electron chi connectivity index (χ0n) is 12.3. The fourth-order valence-corrected chi connectivity index (χ4v) is 4.01. The Labute approximate surface area is 126 Å². The van der Waals surface area contributed by atoms with Crippen LogP contribution in [0.2, 0.25) is 0 Å². The molecule has 0 bridgehead atoms. The van der Waals surface area contributed by atoms with Gasteiger partial charge in [0.15, 0.2) is 0 Å². The number of halogens is 1. The van der Waals surface area contributed by atoms with E-state index in [1.165, 1.54) is 56.4 Å². The zero-order valence-corrected chi connectivity index (χ0v) is 13.9. The molecular formula is C17H26BrN. The van der Waals surface area contributed by atoms with E-state index in [2.05, 4.69) is 58.9 Å². The van der Waals surface area contributed by atoms with Crippen LogP contribution >= 0.6 is 15.9 Å². The fourth-order valence-electron chi connectivity index (χ4n) is 3.04. The van der Waals surface area contributed by atoms with E-state index in [9.17, 15) is 0 Å². The van der Waals surface area contributed by atoms with Gasteiger partial charge in [0.25, 0.3) is 0 Å². The smallest absolute Gasteiger partial charge is 0.0398 e. The maximum Gasteiger partial charge on any atom is 0.0398 e. The zero-order chi connectivity index (χ0) is 13.7. The highest BCUT2D eigenvalue weighted by Crippen LogP contribution is 2.34. The molecule has 0 amide bonds. The second-order valence-corrected chi connectivity index (χ2v) is 6.41. The Bertz CT molecular complexity index is 390. The van der Waals surface area contributed by atoms with Crippen molar-refractivity contribution in [3.63, 3.8) is 0 Å². The van der Waals surface area contributed by atoms with Gasteiger partial charge in [-0.3, -0.25) is 0 Å². The maximum atomic E-state index is 3.75. The fraction of sp³-hybridized carbons (Fsp3) is 0.647. The average Bonchev–Trinajstić information content (AvgIpc) is 2.67. The third-order valence-corrected chi connectivity index (χ3v) is 5.96. The van der Waals surface area contributed by atoms with Crippen LogP contribution in [0.3, 0.4) is 0 Å². The molecule has 1 aliphatic heterocycles. The number of para-hydroxylation sites is 1. The minimum Gasteiger partial charge on any atom is -0.371 e. The van der Waals surface area contributed by atoms with E-state index in [-0.39, 0.29) is 0 Å². The van der Waals surface area contributed by atoms with Crippen molar-refractivity contribution >= 4 is 21.6 Å². The topological polar surface area (TPSA) is 3.24 Å². The Morgan fingerprint density at radius 1 is 1.16 bits per heavy atom. The monoisotopic (exact) mass is 323 g/mol. The maximum absolute atomic E-state index is 3.75. The van der Waals surface area contributed by atoms with E-state index in [0.29, 0.717) is 5.41 Å². The van der Waals surface area contributed by atoms with Crippen molar-refractivity contribution in [3.8, 4) is 0 Å². The molecule has 1 aliphatic rings. The summed E-state index contributed by atoms with van der Waals surface area (Å²) in [7, 11) is 0. The van der Waals surface area contributed by atoms with Crippen LogP contribution < -0.4 is 4.90 Å². The minimum atomic E-state index is 0.414. The Hall–Kier alpha value is -0.500.